The van der Waals surface area contributed by atoms with Crippen LogP contribution in [0.5, 0.6) is 5.75 Å². The van der Waals surface area contributed by atoms with Crippen LogP contribution in [0.25, 0.3) is 10.9 Å². The molecule has 0 atom stereocenters. The molecule has 0 saturated heterocycles. The molecule has 0 saturated carbocycles. The number of hydrogen-bond acceptors (Lipinski definition) is 6. The Morgan fingerprint density at radius 3 is 2.76 bits per heavy atom. The van der Waals surface area contributed by atoms with Gasteiger partial charge in [-0.2, -0.15) is 10.1 Å². The first-order valence-corrected chi connectivity index (χ1v) is 7.46. The number of aromatic amines is 1. The van der Waals surface area contributed by atoms with E-state index in [9.17, 15) is 9.50 Å². The fourth-order valence-corrected chi connectivity index (χ4v) is 2.38. The van der Waals surface area contributed by atoms with Crippen molar-refractivity contribution in [2.45, 2.75) is 0 Å². The van der Waals surface area contributed by atoms with Crippen molar-refractivity contribution >= 4 is 34.0 Å². The number of anilines is 4. The van der Waals surface area contributed by atoms with Crippen LogP contribution in [0.15, 0.2) is 54.9 Å². The van der Waals surface area contributed by atoms with E-state index in [1.54, 1.807) is 24.4 Å². The maximum absolute atomic E-state index is 14.0. The Balaban J connectivity index is 1.60. The van der Waals surface area contributed by atoms with Gasteiger partial charge in [-0.25, -0.2) is 9.37 Å². The van der Waals surface area contributed by atoms with Gasteiger partial charge >= 0.3 is 0 Å². The lowest BCUT2D eigenvalue weighted by Crippen LogP contribution is -2.03. The lowest BCUT2D eigenvalue weighted by molar-refractivity contribution is 0.475. The van der Waals surface area contributed by atoms with Crippen molar-refractivity contribution in [1.82, 2.24) is 20.2 Å². The minimum absolute atomic E-state index is 0.0384. The average molecular weight is 336 g/mol. The molecule has 2 heterocycles. The van der Waals surface area contributed by atoms with Gasteiger partial charge in [0.2, 0.25) is 5.95 Å². The Morgan fingerprint density at radius 2 is 1.88 bits per heavy atom. The van der Waals surface area contributed by atoms with Gasteiger partial charge in [0.05, 0.1) is 17.9 Å². The van der Waals surface area contributed by atoms with Gasteiger partial charge < -0.3 is 15.7 Å². The molecule has 7 nitrogen and oxygen atoms in total. The standard InChI is InChI=1S/C17H13FN6O/c18-14-9-19-17(22-11-2-1-3-13(25)6-11)23-16(14)21-12-5-4-10-8-20-24-15(10)7-12/h1-9,25H,(H,20,24)(H2,19,21,22,23). The molecule has 0 spiro atoms. The summed E-state index contributed by atoms with van der Waals surface area (Å²) in [5, 5.41) is 23.1. The molecule has 4 aromatic rings. The summed E-state index contributed by atoms with van der Waals surface area (Å²) in [7, 11) is 0. The van der Waals surface area contributed by atoms with Crippen LogP contribution in [0.1, 0.15) is 0 Å². The highest BCUT2D eigenvalue weighted by molar-refractivity contribution is 5.82. The number of nitrogens with one attached hydrogen (secondary N) is 3. The largest absolute Gasteiger partial charge is 0.508 e. The summed E-state index contributed by atoms with van der Waals surface area (Å²) < 4.78 is 14.0. The third-order valence-corrected chi connectivity index (χ3v) is 3.55. The molecule has 2 aromatic carbocycles. The van der Waals surface area contributed by atoms with E-state index < -0.39 is 5.82 Å². The van der Waals surface area contributed by atoms with Crippen molar-refractivity contribution in [1.29, 1.82) is 0 Å². The van der Waals surface area contributed by atoms with E-state index in [1.165, 1.54) is 6.07 Å². The van der Waals surface area contributed by atoms with Crippen molar-refractivity contribution in [3.8, 4) is 5.75 Å². The minimum atomic E-state index is -0.578. The van der Waals surface area contributed by atoms with Crippen LogP contribution in [0.4, 0.5) is 27.5 Å². The van der Waals surface area contributed by atoms with Gasteiger partial charge in [0.25, 0.3) is 0 Å². The van der Waals surface area contributed by atoms with Gasteiger partial charge in [-0.15, -0.1) is 0 Å². The molecule has 0 aliphatic rings. The third-order valence-electron chi connectivity index (χ3n) is 3.55. The number of aromatic hydroxyl groups is 1. The van der Waals surface area contributed by atoms with Gasteiger partial charge in [0, 0.05) is 22.8 Å². The quantitative estimate of drug-likeness (QED) is 0.454. The normalized spacial score (nSPS) is 10.8. The highest BCUT2D eigenvalue weighted by atomic mass is 19.1. The Labute approximate surface area is 141 Å². The fraction of sp³-hybridized carbons (Fsp3) is 0. The van der Waals surface area contributed by atoms with Crippen molar-refractivity contribution < 1.29 is 9.50 Å². The first-order chi connectivity index (χ1) is 12.2. The van der Waals surface area contributed by atoms with Crippen LogP contribution in [-0.2, 0) is 0 Å². The summed E-state index contributed by atoms with van der Waals surface area (Å²) in [4.78, 5) is 8.06. The van der Waals surface area contributed by atoms with Gasteiger partial charge in [-0.1, -0.05) is 6.07 Å². The number of halogens is 1. The maximum Gasteiger partial charge on any atom is 0.229 e. The van der Waals surface area contributed by atoms with Crippen molar-refractivity contribution in [3.63, 3.8) is 0 Å². The molecule has 0 radical (unpaired) electrons. The molecule has 0 aliphatic heterocycles. The molecule has 0 amide bonds. The lowest BCUT2D eigenvalue weighted by atomic mass is 10.2. The lowest BCUT2D eigenvalue weighted by Gasteiger charge is -2.09. The maximum atomic E-state index is 14.0. The van der Waals surface area contributed by atoms with Crippen LogP contribution >= 0.6 is 0 Å². The van der Waals surface area contributed by atoms with Gasteiger partial charge in [0.15, 0.2) is 11.6 Å². The third kappa shape index (κ3) is 3.18. The molecule has 0 aliphatic carbocycles. The Bertz CT molecular complexity index is 1050. The molecule has 0 bridgehead atoms. The first-order valence-electron chi connectivity index (χ1n) is 7.46. The molecule has 2 aromatic heterocycles. The molecule has 8 heteroatoms. The van der Waals surface area contributed by atoms with E-state index in [2.05, 4.69) is 30.8 Å². The van der Waals surface area contributed by atoms with E-state index in [0.717, 1.165) is 17.1 Å². The number of H-pyrrole nitrogens is 1. The minimum Gasteiger partial charge on any atom is -0.508 e. The Morgan fingerprint density at radius 1 is 1.00 bits per heavy atom. The van der Waals surface area contributed by atoms with Crippen LogP contribution < -0.4 is 10.6 Å². The van der Waals surface area contributed by atoms with E-state index in [1.807, 2.05) is 18.2 Å². The monoisotopic (exact) mass is 336 g/mol. The molecular formula is C17H13FN6O. The number of rotatable bonds is 4. The first kappa shape index (κ1) is 14.9. The zero-order valence-corrected chi connectivity index (χ0v) is 12.9. The number of phenolic OH excluding ortho intramolecular Hbond substituents is 1. The summed E-state index contributed by atoms with van der Waals surface area (Å²) in [6.45, 7) is 0. The second-order valence-corrected chi connectivity index (χ2v) is 5.36. The number of benzene rings is 2. The zero-order valence-electron chi connectivity index (χ0n) is 12.9. The highest BCUT2D eigenvalue weighted by Crippen LogP contribution is 2.23. The molecule has 0 unspecified atom stereocenters. The second kappa shape index (κ2) is 6.08. The number of aromatic nitrogens is 4. The molecule has 124 valence electrons. The van der Waals surface area contributed by atoms with Crippen LogP contribution in [-0.4, -0.2) is 25.3 Å². The number of phenols is 1. The van der Waals surface area contributed by atoms with Gasteiger partial charge in [-0.05, 0) is 30.3 Å². The SMILES string of the molecule is Oc1cccc(Nc2ncc(F)c(Nc3ccc4cn[nH]c4c3)n2)c1. The fourth-order valence-electron chi connectivity index (χ4n) is 2.38. The summed E-state index contributed by atoms with van der Waals surface area (Å²) in [6.07, 6.45) is 2.79. The van der Waals surface area contributed by atoms with E-state index in [0.29, 0.717) is 11.4 Å². The Kier molecular flexibility index (Phi) is 3.62. The van der Waals surface area contributed by atoms with Crippen LogP contribution in [0.2, 0.25) is 0 Å². The summed E-state index contributed by atoms with van der Waals surface area (Å²) >= 11 is 0. The predicted molar refractivity (Wildman–Crippen MR) is 92.8 cm³/mol. The second-order valence-electron chi connectivity index (χ2n) is 5.36. The van der Waals surface area contributed by atoms with Crippen molar-refractivity contribution in [3.05, 3.63) is 60.7 Å². The summed E-state index contributed by atoms with van der Waals surface area (Å²) in [5.41, 5.74) is 2.09. The van der Waals surface area contributed by atoms with Crippen LogP contribution in [0, 0.1) is 5.82 Å². The van der Waals surface area contributed by atoms with Crippen molar-refractivity contribution in [2.75, 3.05) is 10.6 Å². The number of fused-ring (bicyclic) bond motifs is 1. The molecule has 4 rings (SSSR count). The van der Waals surface area contributed by atoms with Crippen LogP contribution in [0.3, 0.4) is 0 Å². The summed E-state index contributed by atoms with van der Waals surface area (Å²) in [5.74, 6) is -0.224. The molecule has 0 fully saturated rings. The topological polar surface area (TPSA) is 98.7 Å². The molecule has 4 N–H and O–H groups in total. The smallest absolute Gasteiger partial charge is 0.229 e. The van der Waals surface area contributed by atoms with E-state index in [4.69, 9.17) is 0 Å². The predicted octanol–water partition coefficient (Wildman–Crippen LogP) is 3.68. The zero-order chi connectivity index (χ0) is 17.2. The number of nitrogens with zero attached hydrogens (tertiary/aromatic N) is 3. The number of hydrogen-bond donors (Lipinski definition) is 4. The summed E-state index contributed by atoms with van der Waals surface area (Å²) in [6, 6.07) is 12.0. The average Bonchev–Trinajstić information content (AvgIpc) is 3.06. The van der Waals surface area contributed by atoms with E-state index >= 15 is 0 Å². The van der Waals surface area contributed by atoms with Gasteiger partial charge in [0.1, 0.15) is 5.75 Å². The van der Waals surface area contributed by atoms with E-state index in [-0.39, 0.29) is 17.5 Å². The van der Waals surface area contributed by atoms with Crippen molar-refractivity contribution in [2.24, 2.45) is 0 Å². The Hall–Kier alpha value is -3.68. The van der Waals surface area contributed by atoms with Gasteiger partial charge in [-0.3, -0.25) is 5.10 Å². The molecular weight excluding hydrogens is 323 g/mol. The molecule has 25 heavy (non-hydrogen) atoms. The highest BCUT2D eigenvalue weighted by Gasteiger charge is 2.09.